The second-order valence-electron chi connectivity index (χ2n) is 11.1. The van der Waals surface area contributed by atoms with E-state index in [-0.39, 0.29) is 0 Å². The number of fused-ring (bicyclic) bond motifs is 6. The highest BCUT2D eigenvalue weighted by molar-refractivity contribution is 6.24. The molecule has 0 N–H and O–H groups in total. The highest BCUT2D eigenvalue weighted by Crippen LogP contribution is 2.43. The van der Waals surface area contributed by atoms with Gasteiger partial charge >= 0.3 is 0 Å². The highest BCUT2D eigenvalue weighted by Gasteiger charge is 2.20. The molecular formula is C40H33N. The molecule has 0 atom stereocenters. The van der Waals surface area contributed by atoms with Gasteiger partial charge in [-0.25, -0.2) is 0 Å². The van der Waals surface area contributed by atoms with Crippen LogP contribution in [0.25, 0.3) is 65.9 Å². The number of rotatable bonds is 5. The maximum absolute atomic E-state index is 4.24. The Bertz CT molecular complexity index is 2120. The van der Waals surface area contributed by atoms with E-state index in [1.54, 1.807) is 0 Å². The van der Waals surface area contributed by atoms with Gasteiger partial charge in [0.15, 0.2) is 0 Å². The minimum atomic E-state index is 1.17. The first-order chi connectivity index (χ1) is 20.0. The summed E-state index contributed by atoms with van der Waals surface area (Å²) >= 11 is 0. The highest BCUT2D eigenvalue weighted by atomic mass is 14.9. The lowest BCUT2D eigenvalue weighted by atomic mass is 9.85. The van der Waals surface area contributed by atoms with Gasteiger partial charge in [0.2, 0.25) is 0 Å². The minimum absolute atomic E-state index is 1.17. The zero-order valence-corrected chi connectivity index (χ0v) is 24.1. The van der Waals surface area contributed by atoms with Crippen LogP contribution in [0.1, 0.15) is 30.5 Å². The lowest BCUT2D eigenvalue weighted by Gasteiger charge is -2.19. The van der Waals surface area contributed by atoms with Crippen molar-refractivity contribution >= 4 is 43.7 Å². The standard InChI is InChI=1S/C40H33N/c1-6-14-25(3)30(7-2)34-21-28(22-35(27(34)5)31-16-9-8-15-26(31)4)29-23-36-32-17-10-12-19-38(32)41-39-20-13-11-18-33(39)37(24-29)40(36)41/h6-24H,2H2,1,3-5H3/b14-6-,30-25+. The summed E-state index contributed by atoms with van der Waals surface area (Å²) in [4.78, 5) is 0. The molecule has 7 rings (SSSR count). The molecule has 1 nitrogen and oxygen atoms in total. The average Bonchev–Trinajstić information content (AvgIpc) is 3.51. The SMILES string of the molecule is C=C/C(=C(C)\C=C/C)c1cc(-c2cc3c4ccccc4n4c5ccccc5c(c2)c34)cc(-c2ccccc2C)c1C. The van der Waals surface area contributed by atoms with Gasteiger partial charge in [0.25, 0.3) is 0 Å². The maximum Gasteiger partial charge on any atom is 0.0620 e. The number of para-hydroxylation sites is 2. The summed E-state index contributed by atoms with van der Waals surface area (Å²) in [7, 11) is 0. The quantitative estimate of drug-likeness (QED) is 0.196. The normalized spacial score (nSPS) is 12.8. The lowest BCUT2D eigenvalue weighted by molar-refractivity contribution is 1.37. The number of hydrogen-bond acceptors (Lipinski definition) is 0. The van der Waals surface area contributed by atoms with Crippen molar-refractivity contribution in [1.29, 1.82) is 0 Å². The number of hydrogen-bond donors (Lipinski definition) is 0. The predicted molar refractivity (Wildman–Crippen MR) is 179 cm³/mol. The monoisotopic (exact) mass is 527 g/mol. The van der Waals surface area contributed by atoms with E-state index in [0.717, 1.165) is 0 Å². The number of allylic oxidation sites excluding steroid dienone is 5. The second kappa shape index (κ2) is 9.64. The third-order valence-corrected chi connectivity index (χ3v) is 8.72. The Morgan fingerprint density at radius 2 is 1.27 bits per heavy atom. The van der Waals surface area contributed by atoms with Crippen molar-refractivity contribution in [3.05, 3.63) is 144 Å². The molecule has 0 aliphatic heterocycles. The minimum Gasteiger partial charge on any atom is -0.308 e. The molecule has 0 aliphatic carbocycles. The molecule has 0 unspecified atom stereocenters. The summed E-state index contributed by atoms with van der Waals surface area (Å²) in [5.74, 6) is 0. The van der Waals surface area contributed by atoms with Gasteiger partial charge in [0.1, 0.15) is 0 Å². The Labute approximate surface area is 241 Å². The smallest absolute Gasteiger partial charge is 0.0620 e. The summed E-state index contributed by atoms with van der Waals surface area (Å²) in [5.41, 5.74) is 15.0. The number of aryl methyl sites for hydroxylation is 1. The van der Waals surface area contributed by atoms with Gasteiger partial charge in [-0.3, -0.25) is 0 Å². The van der Waals surface area contributed by atoms with Crippen molar-refractivity contribution in [3.8, 4) is 22.3 Å². The van der Waals surface area contributed by atoms with Crippen LogP contribution in [0, 0.1) is 13.8 Å². The number of nitrogens with zero attached hydrogens (tertiary/aromatic N) is 1. The maximum atomic E-state index is 4.24. The van der Waals surface area contributed by atoms with Crippen molar-refractivity contribution in [2.45, 2.75) is 27.7 Å². The third kappa shape index (κ3) is 3.77. The Morgan fingerprint density at radius 1 is 0.683 bits per heavy atom. The number of benzene rings is 5. The van der Waals surface area contributed by atoms with Gasteiger partial charge in [0, 0.05) is 21.5 Å². The van der Waals surface area contributed by atoms with E-state index >= 15 is 0 Å². The average molecular weight is 528 g/mol. The first-order valence-electron chi connectivity index (χ1n) is 14.4. The summed E-state index contributed by atoms with van der Waals surface area (Å²) in [5, 5.41) is 5.19. The fraction of sp³-hybridized carbons (Fsp3) is 0.100. The molecule has 0 saturated heterocycles. The summed E-state index contributed by atoms with van der Waals surface area (Å²) in [6.45, 7) is 12.9. The van der Waals surface area contributed by atoms with Crippen molar-refractivity contribution in [2.75, 3.05) is 0 Å². The molecule has 2 heterocycles. The van der Waals surface area contributed by atoms with Crippen LogP contribution >= 0.6 is 0 Å². The molecule has 0 saturated carbocycles. The van der Waals surface area contributed by atoms with Crippen LogP contribution in [0.5, 0.6) is 0 Å². The molecule has 41 heavy (non-hydrogen) atoms. The van der Waals surface area contributed by atoms with Crippen molar-refractivity contribution in [3.63, 3.8) is 0 Å². The first-order valence-corrected chi connectivity index (χ1v) is 14.4. The molecule has 1 heteroatoms. The Balaban J connectivity index is 1.61. The van der Waals surface area contributed by atoms with Gasteiger partial charge in [-0.1, -0.05) is 85.5 Å². The largest absolute Gasteiger partial charge is 0.308 e. The molecular weight excluding hydrogens is 494 g/mol. The molecule has 0 radical (unpaired) electrons. The van der Waals surface area contributed by atoms with Crippen LogP contribution in [0.3, 0.4) is 0 Å². The summed E-state index contributed by atoms with van der Waals surface area (Å²) < 4.78 is 2.44. The molecule has 0 amide bonds. The Kier molecular flexibility index (Phi) is 5.91. The molecule has 198 valence electrons. The van der Waals surface area contributed by atoms with Crippen LogP contribution in [0.15, 0.2) is 127 Å². The molecule has 0 fully saturated rings. The zero-order valence-electron chi connectivity index (χ0n) is 24.1. The molecule has 7 aromatic rings. The van der Waals surface area contributed by atoms with Crippen LogP contribution in [0.2, 0.25) is 0 Å². The topological polar surface area (TPSA) is 4.41 Å². The Hall–Kier alpha value is -4.88. The molecule has 0 spiro atoms. The zero-order chi connectivity index (χ0) is 28.2. The van der Waals surface area contributed by atoms with Crippen molar-refractivity contribution in [1.82, 2.24) is 4.40 Å². The van der Waals surface area contributed by atoms with Crippen LogP contribution in [0.4, 0.5) is 0 Å². The van der Waals surface area contributed by atoms with E-state index in [9.17, 15) is 0 Å². The fourth-order valence-electron chi connectivity index (χ4n) is 6.75. The van der Waals surface area contributed by atoms with Crippen molar-refractivity contribution < 1.29 is 0 Å². The second-order valence-corrected chi connectivity index (χ2v) is 11.1. The molecule has 2 aromatic heterocycles. The first kappa shape index (κ1) is 25.1. The van der Waals surface area contributed by atoms with E-state index in [4.69, 9.17) is 0 Å². The van der Waals surface area contributed by atoms with E-state index < -0.39 is 0 Å². The van der Waals surface area contributed by atoms with Gasteiger partial charge in [-0.05, 0) is 114 Å². The fourth-order valence-corrected chi connectivity index (χ4v) is 6.75. The molecule has 5 aromatic carbocycles. The van der Waals surface area contributed by atoms with Gasteiger partial charge in [-0.2, -0.15) is 0 Å². The van der Waals surface area contributed by atoms with E-state index in [1.807, 2.05) is 6.08 Å². The Morgan fingerprint density at radius 3 is 1.88 bits per heavy atom. The van der Waals surface area contributed by atoms with E-state index in [2.05, 4.69) is 148 Å². The van der Waals surface area contributed by atoms with E-state index in [0.29, 0.717) is 0 Å². The summed E-state index contributed by atoms with van der Waals surface area (Å²) in [6, 6.07) is 35.8. The van der Waals surface area contributed by atoms with Gasteiger partial charge < -0.3 is 4.40 Å². The third-order valence-electron chi connectivity index (χ3n) is 8.72. The van der Waals surface area contributed by atoms with E-state index in [1.165, 1.54) is 88.2 Å². The summed E-state index contributed by atoms with van der Waals surface area (Å²) in [6.07, 6.45) is 6.29. The molecule has 0 bridgehead atoms. The van der Waals surface area contributed by atoms with Crippen molar-refractivity contribution in [2.24, 2.45) is 0 Å². The van der Waals surface area contributed by atoms with Gasteiger partial charge in [0.05, 0.1) is 16.6 Å². The lowest BCUT2D eigenvalue weighted by Crippen LogP contribution is -1.96. The number of aromatic nitrogens is 1. The van der Waals surface area contributed by atoms with Crippen LogP contribution in [-0.4, -0.2) is 4.40 Å². The van der Waals surface area contributed by atoms with Crippen LogP contribution < -0.4 is 0 Å². The van der Waals surface area contributed by atoms with Crippen LogP contribution in [-0.2, 0) is 0 Å². The molecule has 0 aliphatic rings. The predicted octanol–water partition coefficient (Wildman–Crippen LogP) is 11.3. The van der Waals surface area contributed by atoms with Gasteiger partial charge in [-0.15, -0.1) is 0 Å².